The van der Waals surface area contributed by atoms with Gasteiger partial charge >= 0.3 is 124 Å². The van der Waals surface area contributed by atoms with Crippen LogP contribution in [0.1, 0.15) is 51.9 Å². The van der Waals surface area contributed by atoms with Crippen LogP contribution in [-0.4, -0.2) is 11.6 Å². The molecule has 3 heteroatoms. The second-order valence-electron chi connectivity index (χ2n) is 4.48. The summed E-state index contributed by atoms with van der Waals surface area (Å²) in [6.45, 7) is 5.67. The first-order valence-electron chi connectivity index (χ1n) is 6.11. The Labute approximate surface area is 123 Å². The fourth-order valence-corrected chi connectivity index (χ4v) is 3.49. The van der Waals surface area contributed by atoms with Crippen LogP contribution in [0.4, 0.5) is 0 Å². The molecule has 1 aliphatic carbocycles. The molecule has 0 saturated heterocycles. The molecule has 94 valence electrons. The molecule has 1 rings (SSSR count). The zero-order valence-corrected chi connectivity index (χ0v) is 12.1. The predicted octanol–water partition coefficient (Wildman–Crippen LogP) is 3.56. The average Bonchev–Trinajstić information content (AvgIpc) is 2.30. The van der Waals surface area contributed by atoms with E-state index in [4.69, 9.17) is 4.74 Å². The molecule has 0 aliphatic heterocycles. The molecule has 2 nitrogen and oxygen atoms in total. The maximum atomic E-state index is 11.5. The quantitative estimate of drug-likeness (QED) is 0.548. The zero-order chi connectivity index (χ0) is 12.0. The minimum absolute atomic E-state index is 0.209. The van der Waals surface area contributed by atoms with Crippen LogP contribution >= 0.6 is 0 Å². The minimum atomic E-state index is -0.259. The van der Waals surface area contributed by atoms with Crippen LogP contribution in [0.25, 0.3) is 0 Å². The van der Waals surface area contributed by atoms with Crippen LogP contribution in [0, 0.1) is 36.6 Å². The normalized spacial score (nSPS) is 29.8. The number of rotatable bonds is 5. The van der Waals surface area contributed by atoms with E-state index in [1.807, 2.05) is 0 Å². The van der Waals surface area contributed by atoms with Crippen molar-refractivity contribution in [2.24, 2.45) is 0 Å². The van der Waals surface area contributed by atoms with Crippen LogP contribution in [0.15, 0.2) is 12.7 Å². The zero-order valence-electron chi connectivity index (χ0n) is 9.96. The first-order chi connectivity index (χ1) is 7.64. The molecular weight excluding hydrogens is 347 g/mol. The van der Waals surface area contributed by atoms with Crippen molar-refractivity contribution in [2.45, 2.75) is 59.4 Å². The van der Waals surface area contributed by atoms with Crippen LogP contribution in [0.3, 0.4) is 0 Å². The van der Waals surface area contributed by atoms with E-state index in [0.29, 0.717) is 1.89 Å². The van der Waals surface area contributed by atoms with Crippen LogP contribution in [-0.2, 0) is 9.53 Å². The Bertz CT molecular complexity index is 252. The molecule has 0 N–H and O–H groups in total. The van der Waals surface area contributed by atoms with Gasteiger partial charge in [0.15, 0.2) is 0 Å². The van der Waals surface area contributed by atoms with Gasteiger partial charge in [0.05, 0.1) is 0 Å². The van der Waals surface area contributed by atoms with Crippen molar-refractivity contribution in [2.75, 3.05) is 0 Å². The molecule has 0 radical (unpaired) electrons. The number of esters is 1. The van der Waals surface area contributed by atoms with Gasteiger partial charge in [-0.05, 0) is 0 Å². The van der Waals surface area contributed by atoms with Gasteiger partial charge < -0.3 is 0 Å². The molecule has 0 aromatic heterocycles. The van der Waals surface area contributed by atoms with Gasteiger partial charge in [0.1, 0.15) is 0 Å². The van der Waals surface area contributed by atoms with E-state index in [9.17, 15) is 4.79 Å². The maximum absolute atomic E-state index is 11.5. The van der Waals surface area contributed by atoms with Gasteiger partial charge in [-0.1, -0.05) is 0 Å². The summed E-state index contributed by atoms with van der Waals surface area (Å²) in [5.74, 6) is -0.259. The van der Waals surface area contributed by atoms with Gasteiger partial charge in [-0.3, -0.25) is 0 Å². The summed E-state index contributed by atoms with van der Waals surface area (Å²) in [4.78, 5) is 11.5. The van der Waals surface area contributed by atoms with Crippen molar-refractivity contribution < 1.29 is 46.2 Å². The Hall–Kier alpha value is 0.496. The monoisotopic (exact) mass is 368 g/mol. The number of ether oxygens (including phenoxy) is 1. The van der Waals surface area contributed by atoms with Gasteiger partial charge in [0.2, 0.25) is 0 Å². The Morgan fingerprint density at radius 1 is 1.62 bits per heavy atom. The summed E-state index contributed by atoms with van der Waals surface area (Å²) in [6.07, 6.45) is 9.22. The molecule has 0 aromatic rings. The summed E-state index contributed by atoms with van der Waals surface area (Å²) < 4.78 is 6.17. The van der Waals surface area contributed by atoms with Gasteiger partial charge in [0, 0.05) is 0 Å². The fourth-order valence-electron chi connectivity index (χ4n) is 2.31. The SMILES string of the molecule is C=CC(=O)OC1(CCCC)CCCC[CH]1[Tb]. The molecule has 2 atom stereocenters. The van der Waals surface area contributed by atoms with E-state index in [1.54, 1.807) is 0 Å². The summed E-state index contributed by atoms with van der Waals surface area (Å²) in [5, 5.41) is 0. The van der Waals surface area contributed by atoms with Gasteiger partial charge in [-0.15, -0.1) is 0 Å². The third kappa shape index (κ3) is 3.76. The molecule has 1 aliphatic rings. The van der Waals surface area contributed by atoms with Crippen molar-refractivity contribution in [3.63, 3.8) is 0 Å². The molecule has 2 unspecified atom stereocenters. The molecular formula is C13H21O2Tb. The van der Waals surface area contributed by atoms with Crippen molar-refractivity contribution in [3.05, 3.63) is 12.7 Å². The van der Waals surface area contributed by atoms with Crippen molar-refractivity contribution in [1.29, 1.82) is 0 Å². The molecule has 1 fully saturated rings. The van der Waals surface area contributed by atoms with E-state index in [0.717, 1.165) is 25.7 Å². The summed E-state index contributed by atoms with van der Waals surface area (Å²) in [7, 11) is 0. The van der Waals surface area contributed by atoms with Crippen molar-refractivity contribution >= 4 is 5.97 Å². The van der Waals surface area contributed by atoms with Crippen LogP contribution in [0.2, 0.25) is 1.89 Å². The second kappa shape index (κ2) is 7.05. The molecule has 0 aromatic carbocycles. The van der Waals surface area contributed by atoms with Gasteiger partial charge in [-0.2, -0.15) is 0 Å². The molecule has 0 heterocycles. The summed E-state index contributed by atoms with van der Waals surface area (Å²) in [5.41, 5.74) is -0.209. The number of hydrogen-bond acceptors (Lipinski definition) is 2. The number of carbonyl (C=O) groups excluding carboxylic acids is 1. The van der Waals surface area contributed by atoms with Crippen molar-refractivity contribution in [1.82, 2.24) is 0 Å². The first kappa shape index (κ1) is 14.6. The fraction of sp³-hybridized carbons (Fsp3) is 0.769. The molecule has 0 bridgehead atoms. The number of hydrogen-bond donors (Lipinski definition) is 0. The summed E-state index contributed by atoms with van der Waals surface area (Å²) >= 11 is 2.21. The van der Waals surface area contributed by atoms with Gasteiger partial charge in [0.25, 0.3) is 0 Å². The third-order valence-electron chi connectivity index (χ3n) is 3.27. The summed E-state index contributed by atoms with van der Waals surface area (Å²) in [6, 6.07) is 0. The molecule has 0 spiro atoms. The van der Waals surface area contributed by atoms with Gasteiger partial charge in [-0.25, -0.2) is 0 Å². The second-order valence-corrected chi connectivity index (χ2v) is 5.97. The van der Waals surface area contributed by atoms with Crippen LogP contribution in [0.5, 0.6) is 0 Å². The topological polar surface area (TPSA) is 26.3 Å². The van der Waals surface area contributed by atoms with E-state index in [-0.39, 0.29) is 11.6 Å². The van der Waals surface area contributed by atoms with E-state index >= 15 is 0 Å². The van der Waals surface area contributed by atoms with E-state index in [1.165, 1.54) is 25.3 Å². The Morgan fingerprint density at radius 3 is 2.94 bits per heavy atom. The predicted molar refractivity (Wildman–Crippen MR) is 60.8 cm³/mol. The number of unbranched alkanes of at least 4 members (excludes halogenated alkanes) is 1. The first-order valence-corrected chi connectivity index (χ1v) is 7.35. The Kier molecular flexibility index (Phi) is 6.41. The van der Waals surface area contributed by atoms with E-state index in [2.05, 4.69) is 50.1 Å². The van der Waals surface area contributed by atoms with E-state index < -0.39 is 0 Å². The third-order valence-corrected chi connectivity index (χ3v) is 5.01. The average molecular weight is 368 g/mol. The Balaban J connectivity index is 2.72. The molecule has 16 heavy (non-hydrogen) atoms. The van der Waals surface area contributed by atoms with Crippen LogP contribution < -0.4 is 0 Å². The molecule has 0 amide bonds. The standard InChI is InChI=1S/C13H21O2.Tb/c1-3-5-9-13(15-12(14)4-2)10-7-6-8-11-13;/h4,10H,2-3,5-9,11H2,1H3;. The van der Waals surface area contributed by atoms with Crippen molar-refractivity contribution in [3.8, 4) is 0 Å². The Morgan fingerprint density at radius 2 is 2.38 bits per heavy atom. The number of carbonyl (C=O) groups is 1. The molecule has 1 saturated carbocycles.